The van der Waals surface area contributed by atoms with E-state index >= 15 is 0 Å². The van der Waals surface area contributed by atoms with Crippen LogP contribution in [0.1, 0.15) is 0 Å². The minimum atomic E-state index is 1.14. The Morgan fingerprint density at radius 1 is 0.288 bits per heavy atom. The molecule has 0 saturated carbocycles. The average Bonchev–Trinajstić information content (AvgIpc) is 3.77. The van der Waals surface area contributed by atoms with Crippen molar-refractivity contribution >= 4 is 97.1 Å². The summed E-state index contributed by atoms with van der Waals surface area (Å²) in [6.45, 7) is 0. The fourth-order valence-electron chi connectivity index (χ4n) is 7.44. The van der Waals surface area contributed by atoms with Crippen molar-refractivity contribution in [1.29, 1.82) is 0 Å². The minimum absolute atomic E-state index is 1.14. The van der Waals surface area contributed by atoms with Crippen molar-refractivity contribution in [2.24, 2.45) is 0 Å². The first-order valence-corrected chi connectivity index (χ1v) is 19.1. The van der Waals surface area contributed by atoms with Crippen molar-refractivity contribution in [3.8, 4) is 11.1 Å². The van der Waals surface area contributed by atoms with Gasteiger partial charge in [0.15, 0.2) is 0 Å². The fourth-order valence-corrected chi connectivity index (χ4v) is 9.65. The van der Waals surface area contributed by atoms with E-state index in [-0.39, 0.29) is 0 Å². The van der Waals surface area contributed by atoms with E-state index in [1.165, 1.54) is 51.5 Å². The molecular formula is C48H32N2S2. The molecule has 2 heterocycles. The van der Waals surface area contributed by atoms with E-state index in [2.05, 4.69) is 204 Å². The first-order chi connectivity index (χ1) is 25.8. The van der Waals surface area contributed by atoms with Crippen LogP contribution in [0, 0.1) is 0 Å². The van der Waals surface area contributed by atoms with Crippen LogP contribution in [0.5, 0.6) is 0 Å². The monoisotopic (exact) mass is 700 g/mol. The molecule has 10 aromatic rings. The van der Waals surface area contributed by atoms with Crippen LogP contribution in [-0.4, -0.2) is 0 Å². The fraction of sp³-hybridized carbons (Fsp3) is 0. The van der Waals surface area contributed by atoms with E-state index < -0.39 is 0 Å². The molecule has 10 rings (SSSR count). The Labute approximate surface area is 310 Å². The zero-order valence-corrected chi connectivity index (χ0v) is 29.8. The molecule has 0 aliphatic rings. The predicted molar refractivity (Wildman–Crippen MR) is 227 cm³/mol. The van der Waals surface area contributed by atoms with E-state index in [1.54, 1.807) is 0 Å². The molecule has 4 heteroatoms. The molecule has 0 unspecified atom stereocenters. The Balaban J connectivity index is 1.15. The van der Waals surface area contributed by atoms with Crippen molar-refractivity contribution in [2.45, 2.75) is 0 Å². The molecular weight excluding hydrogens is 669 g/mol. The molecule has 0 atom stereocenters. The summed E-state index contributed by atoms with van der Waals surface area (Å²) in [5.74, 6) is 0. The number of fused-ring (bicyclic) bond motifs is 6. The molecule has 0 spiro atoms. The number of nitrogens with zero attached hydrogens (tertiary/aromatic N) is 2. The Kier molecular flexibility index (Phi) is 7.56. The van der Waals surface area contributed by atoms with Gasteiger partial charge in [0.1, 0.15) is 0 Å². The molecule has 0 aliphatic carbocycles. The Morgan fingerprint density at radius 2 is 0.769 bits per heavy atom. The van der Waals surface area contributed by atoms with Crippen LogP contribution in [0.4, 0.5) is 34.1 Å². The summed E-state index contributed by atoms with van der Waals surface area (Å²) < 4.78 is 5.16. The maximum atomic E-state index is 2.44. The van der Waals surface area contributed by atoms with Crippen LogP contribution in [-0.2, 0) is 0 Å². The van der Waals surface area contributed by atoms with Gasteiger partial charge in [-0.15, -0.1) is 22.7 Å². The lowest BCUT2D eigenvalue weighted by Crippen LogP contribution is -2.11. The van der Waals surface area contributed by atoms with Crippen LogP contribution in [0.15, 0.2) is 194 Å². The average molecular weight is 701 g/mol. The van der Waals surface area contributed by atoms with Gasteiger partial charge >= 0.3 is 0 Å². The van der Waals surface area contributed by atoms with Crippen molar-refractivity contribution in [1.82, 2.24) is 0 Å². The second kappa shape index (κ2) is 12.8. The predicted octanol–water partition coefficient (Wildman–Crippen LogP) is 15.0. The van der Waals surface area contributed by atoms with Gasteiger partial charge in [-0.3, -0.25) is 0 Å². The van der Waals surface area contributed by atoms with Gasteiger partial charge in [0, 0.05) is 74.3 Å². The summed E-state index contributed by atoms with van der Waals surface area (Å²) in [6, 6.07) is 70.3. The van der Waals surface area contributed by atoms with E-state index in [9.17, 15) is 0 Å². The molecule has 246 valence electrons. The number of thiophene rings is 2. The molecule has 0 aliphatic heterocycles. The van der Waals surface area contributed by atoms with Gasteiger partial charge < -0.3 is 9.80 Å². The van der Waals surface area contributed by atoms with E-state index in [0.717, 1.165) is 34.1 Å². The molecule has 0 bridgehead atoms. The lowest BCUT2D eigenvalue weighted by atomic mass is 10.0. The lowest BCUT2D eigenvalue weighted by Gasteiger charge is -2.28. The van der Waals surface area contributed by atoms with Crippen LogP contribution in [0.25, 0.3) is 51.5 Å². The minimum Gasteiger partial charge on any atom is -0.310 e. The second-order valence-corrected chi connectivity index (χ2v) is 15.1. The van der Waals surface area contributed by atoms with Crippen LogP contribution >= 0.6 is 22.7 Å². The molecule has 0 N–H and O–H groups in total. The number of anilines is 6. The number of benzene rings is 8. The third kappa shape index (κ3) is 5.32. The van der Waals surface area contributed by atoms with Crippen LogP contribution in [0.3, 0.4) is 0 Å². The standard InChI is InChI=1S/C48H32N2S2/c1-4-14-33(15-5-1)39-20-10-12-22-44(39)50(37-26-29-46-42(31-37)40-21-11-13-23-45(40)51-46)38-24-27-41-43-30-36(25-28-47(43)52-48(41)32-38)49(34-16-6-2-7-17-34)35-18-8-3-9-19-35/h1-32H. The number of hydrogen-bond acceptors (Lipinski definition) is 4. The molecule has 0 radical (unpaired) electrons. The summed E-state index contributed by atoms with van der Waals surface area (Å²) in [6.07, 6.45) is 0. The number of para-hydroxylation sites is 3. The third-order valence-corrected chi connectivity index (χ3v) is 12.1. The van der Waals surface area contributed by atoms with E-state index in [4.69, 9.17) is 0 Å². The van der Waals surface area contributed by atoms with Crippen molar-refractivity contribution in [3.63, 3.8) is 0 Å². The summed E-state index contributed by atoms with van der Waals surface area (Å²) in [5.41, 5.74) is 9.24. The van der Waals surface area contributed by atoms with Crippen molar-refractivity contribution in [2.75, 3.05) is 9.80 Å². The molecule has 0 fully saturated rings. The summed E-state index contributed by atoms with van der Waals surface area (Å²) in [5, 5.41) is 5.12. The number of rotatable bonds is 7. The Hall–Kier alpha value is -6.20. The van der Waals surface area contributed by atoms with E-state index in [1.807, 2.05) is 22.7 Å². The highest BCUT2D eigenvalue weighted by Gasteiger charge is 2.20. The Bertz CT molecular complexity index is 2820. The van der Waals surface area contributed by atoms with Gasteiger partial charge in [0.25, 0.3) is 0 Å². The van der Waals surface area contributed by atoms with Gasteiger partial charge in [0.2, 0.25) is 0 Å². The molecule has 52 heavy (non-hydrogen) atoms. The maximum absolute atomic E-state index is 2.44. The second-order valence-electron chi connectivity index (χ2n) is 13.0. The zero-order chi connectivity index (χ0) is 34.4. The normalized spacial score (nSPS) is 11.5. The SMILES string of the molecule is c1ccc(-c2ccccc2N(c2ccc3c(c2)sc2ccc(N(c4ccccc4)c4ccccc4)cc23)c2ccc3sc4ccccc4c3c2)cc1. The van der Waals surface area contributed by atoms with Gasteiger partial charge in [0.05, 0.1) is 5.69 Å². The summed E-state index contributed by atoms with van der Waals surface area (Å²) >= 11 is 3.72. The Morgan fingerprint density at radius 3 is 1.46 bits per heavy atom. The first kappa shape index (κ1) is 30.6. The van der Waals surface area contributed by atoms with Crippen molar-refractivity contribution in [3.05, 3.63) is 194 Å². The van der Waals surface area contributed by atoms with Crippen LogP contribution in [0.2, 0.25) is 0 Å². The van der Waals surface area contributed by atoms with Crippen LogP contribution < -0.4 is 9.80 Å². The van der Waals surface area contributed by atoms with Gasteiger partial charge in [-0.05, 0) is 90.5 Å². The van der Waals surface area contributed by atoms with E-state index in [0.29, 0.717) is 0 Å². The smallest absolute Gasteiger partial charge is 0.0540 e. The summed E-state index contributed by atoms with van der Waals surface area (Å²) in [4.78, 5) is 4.78. The molecule has 0 saturated heterocycles. The molecule has 2 aromatic heterocycles. The topological polar surface area (TPSA) is 6.48 Å². The molecule has 0 amide bonds. The molecule has 2 nitrogen and oxygen atoms in total. The highest BCUT2D eigenvalue weighted by atomic mass is 32.1. The van der Waals surface area contributed by atoms with Gasteiger partial charge in [-0.25, -0.2) is 0 Å². The number of hydrogen-bond donors (Lipinski definition) is 0. The quantitative estimate of drug-likeness (QED) is 0.163. The largest absolute Gasteiger partial charge is 0.310 e. The van der Waals surface area contributed by atoms with Gasteiger partial charge in [-0.2, -0.15) is 0 Å². The zero-order valence-electron chi connectivity index (χ0n) is 28.2. The first-order valence-electron chi connectivity index (χ1n) is 17.5. The highest BCUT2D eigenvalue weighted by molar-refractivity contribution is 7.26. The summed E-state index contributed by atoms with van der Waals surface area (Å²) in [7, 11) is 0. The van der Waals surface area contributed by atoms with Gasteiger partial charge in [-0.1, -0.05) is 109 Å². The maximum Gasteiger partial charge on any atom is 0.0540 e. The third-order valence-electron chi connectivity index (χ3n) is 9.83. The highest BCUT2D eigenvalue weighted by Crippen LogP contribution is 2.46. The molecule has 8 aromatic carbocycles. The van der Waals surface area contributed by atoms with Crippen molar-refractivity contribution < 1.29 is 0 Å². The lowest BCUT2D eigenvalue weighted by molar-refractivity contribution is 1.29.